The standard InChI is InChI=1S/C19H18BrNO3/c1-3-11-5-4-6-13-14(10-17(22)23)19(21-18(11)13)15-9-12(20)7-8-16(15)24-2/h4-9,21H,3,10H2,1-2H3,(H,22,23). The molecule has 1 heterocycles. The number of hydrogen-bond donors (Lipinski definition) is 2. The highest BCUT2D eigenvalue weighted by Crippen LogP contribution is 2.38. The normalized spacial score (nSPS) is 11.0. The number of nitrogens with one attached hydrogen (secondary N) is 1. The Labute approximate surface area is 148 Å². The first-order chi connectivity index (χ1) is 11.5. The van der Waals surface area contributed by atoms with Gasteiger partial charge in [-0.1, -0.05) is 41.1 Å². The van der Waals surface area contributed by atoms with Gasteiger partial charge in [-0.2, -0.15) is 0 Å². The van der Waals surface area contributed by atoms with Crippen LogP contribution in [0.4, 0.5) is 0 Å². The van der Waals surface area contributed by atoms with Gasteiger partial charge in [0.15, 0.2) is 0 Å². The van der Waals surface area contributed by atoms with Crippen LogP contribution in [0.25, 0.3) is 22.2 Å². The Hall–Kier alpha value is -2.27. The molecule has 0 bridgehead atoms. The lowest BCUT2D eigenvalue weighted by Gasteiger charge is -2.09. The Kier molecular flexibility index (Phi) is 4.62. The highest BCUT2D eigenvalue weighted by molar-refractivity contribution is 9.10. The van der Waals surface area contributed by atoms with Crippen LogP contribution in [0.2, 0.25) is 0 Å². The summed E-state index contributed by atoms with van der Waals surface area (Å²) in [6.07, 6.45) is 0.831. The Morgan fingerprint density at radius 3 is 2.75 bits per heavy atom. The van der Waals surface area contributed by atoms with E-state index in [0.29, 0.717) is 5.75 Å². The molecule has 24 heavy (non-hydrogen) atoms. The largest absolute Gasteiger partial charge is 0.496 e. The summed E-state index contributed by atoms with van der Waals surface area (Å²) in [6, 6.07) is 11.7. The van der Waals surface area contributed by atoms with Gasteiger partial charge in [-0.25, -0.2) is 0 Å². The molecule has 2 aromatic carbocycles. The van der Waals surface area contributed by atoms with Crippen molar-refractivity contribution in [3.8, 4) is 17.0 Å². The van der Waals surface area contributed by atoms with Crippen molar-refractivity contribution in [2.75, 3.05) is 7.11 Å². The van der Waals surface area contributed by atoms with E-state index in [1.54, 1.807) is 7.11 Å². The number of halogens is 1. The molecular weight excluding hydrogens is 370 g/mol. The van der Waals surface area contributed by atoms with Crippen molar-refractivity contribution in [3.05, 3.63) is 52.0 Å². The van der Waals surface area contributed by atoms with Gasteiger partial charge in [0.25, 0.3) is 0 Å². The molecule has 3 aromatic rings. The second-order valence-electron chi connectivity index (χ2n) is 5.59. The number of rotatable bonds is 5. The number of aromatic amines is 1. The molecule has 0 saturated heterocycles. The lowest BCUT2D eigenvalue weighted by molar-refractivity contribution is -0.136. The monoisotopic (exact) mass is 387 g/mol. The number of aliphatic carboxylic acids is 1. The van der Waals surface area contributed by atoms with Gasteiger partial charge in [-0.3, -0.25) is 4.79 Å². The van der Waals surface area contributed by atoms with Crippen LogP contribution in [0.5, 0.6) is 5.75 Å². The maximum Gasteiger partial charge on any atom is 0.307 e. The van der Waals surface area contributed by atoms with E-state index in [1.165, 1.54) is 5.56 Å². The van der Waals surface area contributed by atoms with Gasteiger partial charge in [0.05, 0.1) is 19.2 Å². The number of aromatic nitrogens is 1. The predicted molar refractivity (Wildman–Crippen MR) is 98.7 cm³/mol. The minimum Gasteiger partial charge on any atom is -0.496 e. The molecule has 0 amide bonds. The molecule has 5 heteroatoms. The molecule has 0 radical (unpaired) electrons. The van der Waals surface area contributed by atoms with E-state index in [2.05, 4.69) is 33.9 Å². The zero-order valence-electron chi connectivity index (χ0n) is 13.5. The van der Waals surface area contributed by atoms with Crippen LogP contribution in [0.1, 0.15) is 18.1 Å². The molecular formula is C19H18BrNO3. The topological polar surface area (TPSA) is 62.3 Å². The molecule has 0 unspecified atom stereocenters. The van der Waals surface area contributed by atoms with Crippen LogP contribution < -0.4 is 4.74 Å². The summed E-state index contributed by atoms with van der Waals surface area (Å²) in [5.41, 5.74) is 4.59. The van der Waals surface area contributed by atoms with Crippen LogP contribution in [-0.2, 0) is 17.6 Å². The van der Waals surface area contributed by atoms with Gasteiger partial charge < -0.3 is 14.8 Å². The minimum absolute atomic E-state index is 0.0435. The van der Waals surface area contributed by atoms with Crippen LogP contribution in [-0.4, -0.2) is 23.2 Å². The number of H-pyrrole nitrogens is 1. The summed E-state index contributed by atoms with van der Waals surface area (Å²) in [7, 11) is 1.61. The fraction of sp³-hybridized carbons (Fsp3) is 0.211. The molecule has 0 aliphatic rings. The van der Waals surface area contributed by atoms with E-state index < -0.39 is 5.97 Å². The molecule has 0 aliphatic heterocycles. The fourth-order valence-electron chi connectivity index (χ4n) is 3.07. The van der Waals surface area contributed by atoms with E-state index in [1.807, 2.05) is 30.3 Å². The quantitative estimate of drug-likeness (QED) is 0.660. The molecule has 2 N–H and O–H groups in total. The van der Waals surface area contributed by atoms with Crippen molar-refractivity contribution >= 4 is 32.8 Å². The van der Waals surface area contributed by atoms with Crippen molar-refractivity contribution in [2.45, 2.75) is 19.8 Å². The summed E-state index contributed by atoms with van der Waals surface area (Å²) in [5.74, 6) is -0.151. The zero-order chi connectivity index (χ0) is 17.3. The number of methoxy groups -OCH3 is 1. The fourth-order valence-corrected chi connectivity index (χ4v) is 3.43. The molecule has 3 rings (SSSR count). The van der Waals surface area contributed by atoms with Crippen molar-refractivity contribution in [3.63, 3.8) is 0 Å². The first-order valence-electron chi connectivity index (χ1n) is 7.73. The molecule has 0 saturated carbocycles. The number of carboxylic acids is 1. The van der Waals surface area contributed by atoms with Crippen LogP contribution in [0, 0.1) is 0 Å². The highest BCUT2D eigenvalue weighted by Gasteiger charge is 2.19. The van der Waals surface area contributed by atoms with Crippen molar-refractivity contribution in [1.29, 1.82) is 0 Å². The smallest absolute Gasteiger partial charge is 0.307 e. The van der Waals surface area contributed by atoms with Crippen molar-refractivity contribution < 1.29 is 14.6 Å². The Bertz CT molecular complexity index is 914. The number of aryl methyl sites for hydroxylation is 1. The molecule has 0 aliphatic carbocycles. The number of benzene rings is 2. The molecule has 124 valence electrons. The first-order valence-corrected chi connectivity index (χ1v) is 8.52. The van der Waals surface area contributed by atoms with Crippen LogP contribution in [0.15, 0.2) is 40.9 Å². The van der Waals surface area contributed by atoms with Crippen LogP contribution in [0.3, 0.4) is 0 Å². The summed E-state index contributed by atoms with van der Waals surface area (Å²) in [5, 5.41) is 10.3. The number of hydrogen-bond acceptors (Lipinski definition) is 2. The Balaban J connectivity index is 2.35. The summed E-state index contributed by atoms with van der Waals surface area (Å²) >= 11 is 3.48. The van der Waals surface area contributed by atoms with E-state index in [9.17, 15) is 9.90 Å². The average molecular weight is 388 g/mol. The SMILES string of the molecule is CCc1cccc2c(CC(=O)O)c(-c3cc(Br)ccc3OC)[nH]c12. The van der Waals surface area contributed by atoms with Gasteiger partial charge in [-0.15, -0.1) is 0 Å². The summed E-state index contributed by atoms with van der Waals surface area (Å²) in [6.45, 7) is 2.09. The second-order valence-corrected chi connectivity index (χ2v) is 6.50. The zero-order valence-corrected chi connectivity index (χ0v) is 15.1. The van der Waals surface area contributed by atoms with E-state index >= 15 is 0 Å². The third-order valence-corrected chi connectivity index (χ3v) is 4.66. The average Bonchev–Trinajstić information content (AvgIpc) is 2.92. The number of carboxylic acid groups (broad SMARTS) is 1. The lowest BCUT2D eigenvalue weighted by atomic mass is 10.0. The molecule has 4 nitrogen and oxygen atoms in total. The van der Waals surface area contributed by atoms with Gasteiger partial charge >= 0.3 is 5.97 Å². The molecule has 0 spiro atoms. The molecule has 0 atom stereocenters. The minimum atomic E-state index is -0.854. The van der Waals surface area contributed by atoms with Gasteiger partial charge in [0.1, 0.15) is 5.75 Å². The van der Waals surface area contributed by atoms with Gasteiger partial charge in [0.2, 0.25) is 0 Å². The second kappa shape index (κ2) is 6.69. The third-order valence-electron chi connectivity index (χ3n) is 4.17. The highest BCUT2D eigenvalue weighted by atomic mass is 79.9. The summed E-state index contributed by atoms with van der Waals surface area (Å²) in [4.78, 5) is 14.9. The number of para-hydroxylation sites is 1. The number of fused-ring (bicyclic) bond motifs is 1. The van der Waals surface area contributed by atoms with E-state index in [4.69, 9.17) is 4.74 Å². The summed E-state index contributed by atoms with van der Waals surface area (Å²) < 4.78 is 6.39. The van der Waals surface area contributed by atoms with Gasteiger partial charge in [-0.05, 0) is 35.7 Å². The molecule has 0 fully saturated rings. The van der Waals surface area contributed by atoms with E-state index in [0.717, 1.165) is 38.6 Å². The first kappa shape index (κ1) is 16.6. The van der Waals surface area contributed by atoms with E-state index in [-0.39, 0.29) is 6.42 Å². The Morgan fingerprint density at radius 1 is 1.29 bits per heavy atom. The lowest BCUT2D eigenvalue weighted by Crippen LogP contribution is -2.01. The van der Waals surface area contributed by atoms with Crippen molar-refractivity contribution in [2.24, 2.45) is 0 Å². The predicted octanol–water partition coefficient (Wildman–Crippen LogP) is 4.80. The molecule has 1 aromatic heterocycles. The van der Waals surface area contributed by atoms with Crippen LogP contribution >= 0.6 is 15.9 Å². The number of carbonyl (C=O) groups is 1. The number of ether oxygens (including phenoxy) is 1. The Morgan fingerprint density at radius 2 is 2.08 bits per heavy atom. The maximum atomic E-state index is 11.4. The third kappa shape index (κ3) is 2.91. The maximum absolute atomic E-state index is 11.4. The van der Waals surface area contributed by atoms with Crippen molar-refractivity contribution in [1.82, 2.24) is 4.98 Å². The van der Waals surface area contributed by atoms with Gasteiger partial charge in [0, 0.05) is 20.9 Å².